The predicted octanol–water partition coefficient (Wildman–Crippen LogP) is 5.58. The van der Waals surface area contributed by atoms with Crippen LogP contribution >= 0.6 is 11.3 Å². The number of urea groups is 1. The zero-order chi connectivity index (χ0) is 21.1. The molecule has 2 aromatic carbocycles. The summed E-state index contributed by atoms with van der Waals surface area (Å²) in [6, 6.07) is 11.1. The van der Waals surface area contributed by atoms with Crippen LogP contribution in [0.5, 0.6) is 0 Å². The number of nitrogens with zero attached hydrogens (tertiary/aromatic N) is 1. The van der Waals surface area contributed by atoms with Gasteiger partial charge in [0.1, 0.15) is 4.88 Å². The lowest BCUT2D eigenvalue weighted by Crippen LogP contribution is -2.19. The van der Waals surface area contributed by atoms with Crippen molar-refractivity contribution in [3.8, 4) is 0 Å². The summed E-state index contributed by atoms with van der Waals surface area (Å²) >= 11 is 1.15. The topological polar surface area (TPSA) is 83.1 Å². The minimum absolute atomic E-state index is 0.234. The lowest BCUT2D eigenvalue weighted by atomic mass is 10.1. The lowest BCUT2D eigenvalue weighted by Gasteiger charge is -2.12. The fourth-order valence-electron chi connectivity index (χ4n) is 3.10. The molecule has 0 aliphatic carbocycles. The van der Waals surface area contributed by atoms with Crippen molar-refractivity contribution in [2.75, 3.05) is 16.0 Å². The van der Waals surface area contributed by atoms with Gasteiger partial charge in [-0.15, -0.1) is 0 Å². The quantitative estimate of drug-likeness (QED) is 0.527. The summed E-state index contributed by atoms with van der Waals surface area (Å²) in [5, 5.41) is 8.79. The summed E-state index contributed by atoms with van der Waals surface area (Å²) < 4.78 is 0. The smallest absolute Gasteiger partial charge is 0.321 e. The van der Waals surface area contributed by atoms with Crippen LogP contribution in [0.1, 0.15) is 37.6 Å². The molecule has 6 nitrogen and oxygen atoms in total. The number of carbonyl (C=O) groups is 2. The first-order valence-corrected chi connectivity index (χ1v) is 10.1. The van der Waals surface area contributed by atoms with Crippen LogP contribution in [0.2, 0.25) is 0 Å². The Morgan fingerprint density at radius 2 is 1.45 bits per heavy atom. The maximum atomic E-state index is 12.8. The van der Waals surface area contributed by atoms with Crippen LogP contribution in [0.4, 0.5) is 21.3 Å². The number of aryl methyl sites for hydroxylation is 5. The second-order valence-corrected chi connectivity index (χ2v) is 8.11. The fraction of sp³-hybridized carbons (Fsp3) is 0.227. The number of aromatic nitrogens is 1. The Morgan fingerprint density at radius 1 is 0.828 bits per heavy atom. The van der Waals surface area contributed by atoms with Gasteiger partial charge >= 0.3 is 6.03 Å². The molecule has 3 N–H and O–H groups in total. The monoisotopic (exact) mass is 408 g/mol. The van der Waals surface area contributed by atoms with E-state index in [2.05, 4.69) is 20.9 Å². The Hall–Kier alpha value is -3.19. The van der Waals surface area contributed by atoms with E-state index in [9.17, 15) is 9.59 Å². The van der Waals surface area contributed by atoms with Crippen LogP contribution < -0.4 is 16.0 Å². The molecule has 0 saturated carbocycles. The zero-order valence-electron chi connectivity index (χ0n) is 17.1. The minimum atomic E-state index is -0.403. The van der Waals surface area contributed by atoms with Gasteiger partial charge in [-0.3, -0.25) is 10.1 Å². The van der Waals surface area contributed by atoms with Crippen molar-refractivity contribution in [2.45, 2.75) is 34.6 Å². The first-order chi connectivity index (χ1) is 13.7. The summed E-state index contributed by atoms with van der Waals surface area (Å²) in [5.74, 6) is -0.234. The third kappa shape index (κ3) is 5.00. The summed E-state index contributed by atoms with van der Waals surface area (Å²) in [5.41, 5.74) is 6.34. The van der Waals surface area contributed by atoms with Gasteiger partial charge in [0.25, 0.3) is 5.91 Å². The molecule has 0 spiro atoms. The Morgan fingerprint density at radius 3 is 2.07 bits per heavy atom. The number of hydrogen-bond donors (Lipinski definition) is 3. The Bertz CT molecular complexity index is 1050. The summed E-state index contributed by atoms with van der Waals surface area (Å²) in [4.78, 5) is 29.8. The van der Waals surface area contributed by atoms with E-state index >= 15 is 0 Å². The number of nitrogens with one attached hydrogen (secondary N) is 3. The molecule has 7 heteroatoms. The molecule has 0 bridgehead atoms. The van der Waals surface area contributed by atoms with E-state index in [4.69, 9.17) is 0 Å². The molecular weight excluding hydrogens is 384 g/mol. The van der Waals surface area contributed by atoms with Gasteiger partial charge < -0.3 is 10.6 Å². The molecule has 0 fully saturated rings. The second-order valence-electron chi connectivity index (χ2n) is 7.11. The van der Waals surface area contributed by atoms with Crippen LogP contribution in [0.15, 0.2) is 36.4 Å². The Labute approximate surface area is 174 Å². The second kappa shape index (κ2) is 8.45. The van der Waals surface area contributed by atoms with Crippen LogP contribution in [-0.2, 0) is 0 Å². The number of benzene rings is 2. The van der Waals surface area contributed by atoms with E-state index in [-0.39, 0.29) is 5.91 Å². The summed E-state index contributed by atoms with van der Waals surface area (Å²) in [6.45, 7) is 9.70. The van der Waals surface area contributed by atoms with E-state index in [0.29, 0.717) is 21.4 Å². The summed E-state index contributed by atoms with van der Waals surface area (Å²) in [6.07, 6.45) is 0. The van der Waals surface area contributed by atoms with E-state index < -0.39 is 6.03 Å². The number of hydrogen-bond acceptors (Lipinski definition) is 4. The third-order valence-corrected chi connectivity index (χ3v) is 5.52. The van der Waals surface area contributed by atoms with Crippen molar-refractivity contribution in [1.82, 2.24) is 4.98 Å². The molecule has 0 aliphatic heterocycles. The molecule has 1 aromatic heterocycles. The Kier molecular flexibility index (Phi) is 5.98. The average molecular weight is 409 g/mol. The van der Waals surface area contributed by atoms with Crippen LogP contribution in [0, 0.1) is 34.6 Å². The highest BCUT2D eigenvalue weighted by Gasteiger charge is 2.18. The molecule has 0 aliphatic rings. The van der Waals surface area contributed by atoms with Crippen molar-refractivity contribution in [3.63, 3.8) is 0 Å². The van der Waals surface area contributed by atoms with Crippen molar-refractivity contribution >= 4 is 39.8 Å². The SMILES string of the molecule is Cc1ccc(NC(=O)Nc2nc(C)c(C(=O)Nc3c(C)cc(C)cc3C)s2)cc1. The fourth-order valence-corrected chi connectivity index (χ4v) is 3.96. The number of anilines is 3. The maximum Gasteiger partial charge on any atom is 0.325 e. The van der Waals surface area contributed by atoms with Gasteiger partial charge in [-0.25, -0.2) is 9.78 Å². The number of thiazole rings is 1. The maximum absolute atomic E-state index is 12.8. The Balaban J connectivity index is 1.70. The van der Waals surface area contributed by atoms with E-state index in [1.54, 1.807) is 6.92 Å². The lowest BCUT2D eigenvalue weighted by molar-refractivity contribution is 0.102. The number of amides is 3. The first-order valence-electron chi connectivity index (χ1n) is 9.24. The molecule has 3 aromatic rings. The molecule has 0 radical (unpaired) electrons. The molecular formula is C22H24N4O2S. The van der Waals surface area contributed by atoms with Gasteiger partial charge in [-0.05, 0) is 57.9 Å². The van der Waals surface area contributed by atoms with Crippen LogP contribution in [0.25, 0.3) is 0 Å². The van der Waals surface area contributed by atoms with Crippen molar-refractivity contribution < 1.29 is 9.59 Å². The third-order valence-electron chi connectivity index (χ3n) is 4.45. The van der Waals surface area contributed by atoms with Crippen molar-refractivity contribution in [2.24, 2.45) is 0 Å². The highest BCUT2D eigenvalue weighted by molar-refractivity contribution is 7.17. The van der Waals surface area contributed by atoms with Gasteiger partial charge in [-0.1, -0.05) is 46.7 Å². The van der Waals surface area contributed by atoms with Gasteiger partial charge in [0, 0.05) is 11.4 Å². The standard InChI is InChI=1S/C22H24N4O2S/c1-12-6-8-17(9-7-12)24-21(28)26-22-23-16(5)19(29-22)20(27)25-18-14(3)10-13(2)11-15(18)4/h6-11H,1-5H3,(H,25,27)(H2,23,24,26,28). The molecule has 1 heterocycles. The molecule has 0 saturated heterocycles. The largest absolute Gasteiger partial charge is 0.325 e. The normalized spacial score (nSPS) is 10.5. The van der Waals surface area contributed by atoms with Gasteiger partial charge in [-0.2, -0.15) is 0 Å². The van der Waals surface area contributed by atoms with E-state index in [1.165, 1.54) is 0 Å². The highest BCUT2D eigenvalue weighted by atomic mass is 32.1. The van der Waals surface area contributed by atoms with Gasteiger partial charge in [0.15, 0.2) is 5.13 Å². The average Bonchev–Trinajstić information content (AvgIpc) is 3.00. The van der Waals surface area contributed by atoms with Crippen LogP contribution in [-0.4, -0.2) is 16.9 Å². The van der Waals surface area contributed by atoms with Gasteiger partial charge in [0.05, 0.1) is 5.69 Å². The van der Waals surface area contributed by atoms with Crippen molar-refractivity contribution in [3.05, 3.63) is 69.2 Å². The molecule has 29 heavy (non-hydrogen) atoms. The van der Waals surface area contributed by atoms with Crippen LogP contribution in [0.3, 0.4) is 0 Å². The van der Waals surface area contributed by atoms with E-state index in [1.807, 2.05) is 64.1 Å². The minimum Gasteiger partial charge on any atom is -0.321 e. The van der Waals surface area contributed by atoms with Crippen molar-refractivity contribution in [1.29, 1.82) is 0 Å². The molecule has 3 rings (SSSR count). The molecule has 0 unspecified atom stereocenters. The number of rotatable bonds is 4. The summed E-state index contributed by atoms with van der Waals surface area (Å²) in [7, 11) is 0. The number of carbonyl (C=O) groups excluding carboxylic acids is 2. The molecule has 150 valence electrons. The molecule has 0 atom stereocenters. The molecule has 3 amide bonds. The van der Waals surface area contributed by atoms with Gasteiger partial charge in [0.2, 0.25) is 0 Å². The highest BCUT2D eigenvalue weighted by Crippen LogP contribution is 2.27. The van der Waals surface area contributed by atoms with E-state index in [0.717, 1.165) is 39.3 Å². The predicted molar refractivity (Wildman–Crippen MR) is 119 cm³/mol. The zero-order valence-corrected chi connectivity index (χ0v) is 18.0. The first kappa shape index (κ1) is 20.5.